The maximum Gasteiger partial charge on any atom is 0.303 e. The highest BCUT2D eigenvalue weighted by Gasteiger charge is 2.47. The highest BCUT2D eigenvalue weighted by molar-refractivity contribution is 7.99. The number of aliphatic carboxylic acids is 1. The van der Waals surface area contributed by atoms with Gasteiger partial charge < -0.3 is 14.6 Å². The number of unbranched alkanes of at least 4 members (excludes halogenated alkanes) is 2. The summed E-state index contributed by atoms with van der Waals surface area (Å²) in [6.45, 7) is 0.737. The zero-order chi connectivity index (χ0) is 18.9. The highest BCUT2D eigenvalue weighted by atomic mass is 32.2. The Morgan fingerprint density at radius 1 is 1.22 bits per heavy atom. The van der Waals surface area contributed by atoms with Gasteiger partial charge in [-0.3, -0.25) is 4.79 Å². The topological polar surface area (TPSA) is 55.8 Å². The van der Waals surface area contributed by atoms with Gasteiger partial charge in [0.2, 0.25) is 0 Å². The van der Waals surface area contributed by atoms with Crippen LogP contribution in [0.1, 0.15) is 38.5 Å². The molecule has 0 unspecified atom stereocenters. The molecule has 0 saturated carbocycles. The lowest BCUT2D eigenvalue weighted by Crippen LogP contribution is -2.27. The first-order chi connectivity index (χ1) is 13.2. The Bertz CT molecular complexity index is 604. The van der Waals surface area contributed by atoms with Crippen LogP contribution in [-0.2, 0) is 9.53 Å². The molecule has 2 saturated heterocycles. The molecule has 2 heterocycles. The van der Waals surface area contributed by atoms with Gasteiger partial charge in [-0.2, -0.15) is 11.8 Å². The van der Waals surface area contributed by atoms with E-state index >= 15 is 0 Å². The van der Waals surface area contributed by atoms with Crippen LogP contribution in [0.25, 0.3) is 0 Å². The van der Waals surface area contributed by atoms with Crippen LogP contribution in [0.2, 0.25) is 0 Å². The van der Waals surface area contributed by atoms with Crippen LogP contribution < -0.4 is 4.74 Å². The van der Waals surface area contributed by atoms with Gasteiger partial charge in [0.1, 0.15) is 5.75 Å². The standard InChI is InChI=1S/C22H30O4S/c23-22(24)11-7-2-1-6-10-18-19(21-13-12-20(18)26-21)16-27-15-14-25-17-8-4-3-5-9-17/h3-6,8-10,18-21H,1-2,7,11-16H2,(H,23,24)/t18-,19-,20+,21-/m1/s1. The van der Waals surface area contributed by atoms with Gasteiger partial charge in [-0.15, -0.1) is 0 Å². The molecule has 27 heavy (non-hydrogen) atoms. The highest BCUT2D eigenvalue weighted by Crippen LogP contribution is 2.45. The van der Waals surface area contributed by atoms with Gasteiger partial charge in [0.15, 0.2) is 0 Å². The fraction of sp³-hybridized carbons (Fsp3) is 0.591. The Hall–Kier alpha value is -1.46. The Balaban J connectivity index is 1.35. The van der Waals surface area contributed by atoms with Crippen molar-refractivity contribution < 1.29 is 19.4 Å². The second-order valence-electron chi connectivity index (χ2n) is 7.34. The zero-order valence-electron chi connectivity index (χ0n) is 15.8. The summed E-state index contributed by atoms with van der Waals surface area (Å²) in [5.74, 6) is 3.47. The van der Waals surface area contributed by atoms with E-state index in [4.69, 9.17) is 14.6 Å². The predicted octanol–water partition coefficient (Wildman–Crippen LogP) is 4.79. The summed E-state index contributed by atoms with van der Waals surface area (Å²) in [4.78, 5) is 10.6. The minimum atomic E-state index is -0.700. The molecule has 0 radical (unpaired) electrons. The van der Waals surface area contributed by atoms with Crippen molar-refractivity contribution in [2.75, 3.05) is 18.1 Å². The molecule has 2 aliphatic rings. The molecule has 5 heteroatoms. The summed E-state index contributed by atoms with van der Waals surface area (Å²) in [5, 5.41) is 8.69. The molecule has 1 N–H and O–H groups in total. The Morgan fingerprint density at radius 3 is 2.85 bits per heavy atom. The van der Waals surface area contributed by atoms with E-state index in [2.05, 4.69) is 12.2 Å². The van der Waals surface area contributed by atoms with E-state index in [1.54, 1.807) is 0 Å². The van der Waals surface area contributed by atoms with E-state index in [-0.39, 0.29) is 6.42 Å². The van der Waals surface area contributed by atoms with Crippen LogP contribution in [0, 0.1) is 11.8 Å². The maximum absolute atomic E-state index is 10.6. The van der Waals surface area contributed by atoms with Crippen molar-refractivity contribution in [3.63, 3.8) is 0 Å². The molecule has 0 spiro atoms. The Kier molecular flexibility index (Phi) is 8.09. The minimum Gasteiger partial charge on any atom is -0.493 e. The third-order valence-electron chi connectivity index (χ3n) is 5.41. The SMILES string of the molecule is O=C(O)CCCCC=C[C@@H]1[C@@H](CSCCOc2ccccc2)[C@H]2CC[C@@H]1O2. The zero-order valence-corrected chi connectivity index (χ0v) is 16.6. The second-order valence-corrected chi connectivity index (χ2v) is 8.49. The number of thioether (sulfide) groups is 1. The molecule has 4 nitrogen and oxygen atoms in total. The molecule has 2 aliphatic heterocycles. The van der Waals surface area contributed by atoms with Gasteiger partial charge in [-0.05, 0) is 50.0 Å². The van der Waals surface area contributed by atoms with Gasteiger partial charge in [-0.1, -0.05) is 30.4 Å². The van der Waals surface area contributed by atoms with E-state index in [0.717, 1.165) is 43.1 Å². The van der Waals surface area contributed by atoms with Crippen molar-refractivity contribution in [1.82, 2.24) is 0 Å². The summed E-state index contributed by atoms with van der Waals surface area (Å²) < 4.78 is 11.9. The predicted molar refractivity (Wildman–Crippen MR) is 109 cm³/mol. The molecule has 2 fully saturated rings. The van der Waals surface area contributed by atoms with Crippen LogP contribution in [0.3, 0.4) is 0 Å². The molecule has 148 valence electrons. The lowest BCUT2D eigenvalue weighted by Gasteiger charge is -2.25. The van der Waals surface area contributed by atoms with E-state index in [1.807, 2.05) is 42.1 Å². The third-order valence-corrected chi connectivity index (χ3v) is 6.48. The van der Waals surface area contributed by atoms with Gasteiger partial charge >= 0.3 is 5.97 Å². The molecule has 0 aliphatic carbocycles. The molecular formula is C22H30O4S. The van der Waals surface area contributed by atoms with Crippen molar-refractivity contribution in [1.29, 1.82) is 0 Å². The number of rotatable bonds is 12. The number of hydrogen-bond acceptors (Lipinski definition) is 4. The van der Waals surface area contributed by atoms with Gasteiger partial charge in [0, 0.05) is 24.0 Å². The van der Waals surface area contributed by atoms with E-state index in [9.17, 15) is 4.79 Å². The molecule has 4 atom stereocenters. The number of fused-ring (bicyclic) bond motifs is 2. The number of carboxylic acid groups (broad SMARTS) is 1. The Morgan fingerprint density at radius 2 is 2.04 bits per heavy atom. The van der Waals surface area contributed by atoms with E-state index in [0.29, 0.717) is 24.0 Å². The second kappa shape index (κ2) is 10.8. The number of carboxylic acids is 1. The number of benzene rings is 1. The first-order valence-corrected chi connectivity index (χ1v) is 11.2. The Labute approximate surface area is 166 Å². The van der Waals surface area contributed by atoms with Gasteiger partial charge in [0.05, 0.1) is 18.8 Å². The van der Waals surface area contributed by atoms with Crippen molar-refractivity contribution in [2.24, 2.45) is 11.8 Å². The lowest BCUT2D eigenvalue weighted by atomic mass is 9.80. The molecular weight excluding hydrogens is 360 g/mol. The summed E-state index contributed by atoms with van der Waals surface area (Å²) in [7, 11) is 0. The molecule has 2 bridgehead atoms. The smallest absolute Gasteiger partial charge is 0.303 e. The normalized spacial score (nSPS) is 26.7. The van der Waals surface area contributed by atoms with Crippen LogP contribution >= 0.6 is 11.8 Å². The minimum absolute atomic E-state index is 0.273. The lowest BCUT2D eigenvalue weighted by molar-refractivity contribution is -0.137. The van der Waals surface area contributed by atoms with Crippen molar-refractivity contribution >= 4 is 17.7 Å². The summed E-state index contributed by atoms with van der Waals surface area (Å²) >= 11 is 1.96. The number of hydrogen-bond donors (Lipinski definition) is 1. The monoisotopic (exact) mass is 390 g/mol. The van der Waals surface area contributed by atoms with Crippen molar-refractivity contribution in [3.8, 4) is 5.75 Å². The molecule has 1 aromatic carbocycles. The van der Waals surface area contributed by atoms with Gasteiger partial charge in [0.25, 0.3) is 0 Å². The van der Waals surface area contributed by atoms with Crippen LogP contribution in [-0.4, -0.2) is 41.4 Å². The number of ether oxygens (including phenoxy) is 2. The summed E-state index contributed by atoms with van der Waals surface area (Å²) in [6, 6.07) is 9.97. The van der Waals surface area contributed by atoms with Crippen LogP contribution in [0.4, 0.5) is 0 Å². The van der Waals surface area contributed by atoms with Gasteiger partial charge in [-0.25, -0.2) is 0 Å². The maximum atomic E-state index is 10.6. The largest absolute Gasteiger partial charge is 0.493 e. The molecule has 1 aromatic rings. The molecule has 3 rings (SSSR count). The number of allylic oxidation sites excluding steroid dienone is 1. The van der Waals surface area contributed by atoms with E-state index in [1.165, 1.54) is 12.8 Å². The third kappa shape index (κ3) is 6.28. The number of carbonyl (C=O) groups is 1. The molecule has 0 amide bonds. The first-order valence-electron chi connectivity index (χ1n) is 10.0. The fourth-order valence-electron chi connectivity index (χ4n) is 4.04. The van der Waals surface area contributed by atoms with Crippen LogP contribution in [0.5, 0.6) is 5.75 Å². The quantitative estimate of drug-likeness (QED) is 0.411. The molecule has 0 aromatic heterocycles. The summed E-state index contributed by atoms with van der Waals surface area (Å²) in [6.07, 6.45) is 10.7. The summed E-state index contributed by atoms with van der Waals surface area (Å²) in [5.41, 5.74) is 0. The van der Waals surface area contributed by atoms with Crippen molar-refractivity contribution in [2.45, 2.75) is 50.7 Å². The van der Waals surface area contributed by atoms with Crippen molar-refractivity contribution in [3.05, 3.63) is 42.5 Å². The van der Waals surface area contributed by atoms with E-state index < -0.39 is 5.97 Å². The average molecular weight is 391 g/mol. The van der Waals surface area contributed by atoms with Crippen LogP contribution in [0.15, 0.2) is 42.5 Å². The first kappa shape index (κ1) is 20.3. The number of para-hydroxylation sites is 1. The fourth-order valence-corrected chi connectivity index (χ4v) is 5.12. The average Bonchev–Trinajstić information content (AvgIpc) is 3.27.